The average Bonchev–Trinajstić information content (AvgIpc) is 2.44. The second-order valence-electron chi connectivity index (χ2n) is 4.11. The maximum atomic E-state index is 12.5. The van der Waals surface area contributed by atoms with Crippen molar-refractivity contribution in [3.63, 3.8) is 0 Å². The van der Waals surface area contributed by atoms with Crippen molar-refractivity contribution in [2.24, 2.45) is 5.92 Å². The van der Waals surface area contributed by atoms with E-state index in [2.05, 4.69) is 11.3 Å². The molecule has 0 spiro atoms. The zero-order valence-electron chi connectivity index (χ0n) is 11.1. The highest BCUT2D eigenvalue weighted by Crippen LogP contribution is 2.25. The first kappa shape index (κ1) is 15.4. The monoisotopic (exact) mass is 282 g/mol. The Bertz CT molecular complexity index is 534. The molecule has 0 saturated heterocycles. The van der Waals surface area contributed by atoms with E-state index in [1.165, 1.54) is 25.3 Å². The summed E-state index contributed by atoms with van der Waals surface area (Å²) in [5, 5.41) is -1.25. The third kappa shape index (κ3) is 3.23. The van der Waals surface area contributed by atoms with Gasteiger partial charge in [0.2, 0.25) is 0 Å². The van der Waals surface area contributed by atoms with Crippen LogP contribution in [-0.2, 0) is 19.4 Å². The fraction of sp³-hybridized carbons (Fsp3) is 0.357. The van der Waals surface area contributed by atoms with Crippen molar-refractivity contribution in [2.75, 3.05) is 7.11 Å². The molecule has 19 heavy (non-hydrogen) atoms. The molecule has 0 fully saturated rings. The topological polar surface area (TPSA) is 60.4 Å². The van der Waals surface area contributed by atoms with Gasteiger partial charge in [-0.3, -0.25) is 4.79 Å². The van der Waals surface area contributed by atoms with Crippen LogP contribution in [-0.4, -0.2) is 26.7 Å². The van der Waals surface area contributed by atoms with Gasteiger partial charge in [0.1, 0.15) is 0 Å². The molecule has 1 aromatic carbocycles. The number of carbonyl (C=O) groups is 1. The van der Waals surface area contributed by atoms with Gasteiger partial charge >= 0.3 is 5.97 Å². The van der Waals surface area contributed by atoms with Gasteiger partial charge in [-0.1, -0.05) is 31.2 Å². The summed E-state index contributed by atoms with van der Waals surface area (Å²) >= 11 is 0. The van der Waals surface area contributed by atoms with E-state index in [-0.39, 0.29) is 4.90 Å². The number of benzene rings is 1. The van der Waals surface area contributed by atoms with E-state index < -0.39 is 27.0 Å². The minimum atomic E-state index is -3.78. The van der Waals surface area contributed by atoms with Crippen molar-refractivity contribution >= 4 is 15.8 Å². The van der Waals surface area contributed by atoms with Crippen molar-refractivity contribution < 1.29 is 17.9 Å². The number of sulfone groups is 1. The molecule has 0 bridgehead atoms. The van der Waals surface area contributed by atoms with Crippen LogP contribution in [0.5, 0.6) is 0 Å². The summed E-state index contributed by atoms with van der Waals surface area (Å²) < 4.78 is 29.7. The Hall–Kier alpha value is -1.62. The number of hydrogen-bond donors (Lipinski definition) is 0. The van der Waals surface area contributed by atoms with Gasteiger partial charge in [-0.25, -0.2) is 8.42 Å². The molecule has 0 aliphatic carbocycles. The molecular weight excluding hydrogens is 264 g/mol. The summed E-state index contributed by atoms with van der Waals surface area (Å²) in [6.45, 7) is 5.41. The molecule has 0 heterocycles. The van der Waals surface area contributed by atoms with Crippen molar-refractivity contribution in [3.8, 4) is 0 Å². The predicted octanol–water partition coefficient (Wildman–Crippen LogP) is 2.21. The Labute approximate surface area is 114 Å². The first-order valence-corrected chi connectivity index (χ1v) is 7.53. The van der Waals surface area contributed by atoms with E-state index in [4.69, 9.17) is 0 Å². The number of ether oxygens (including phenoxy) is 1. The quantitative estimate of drug-likeness (QED) is 0.593. The molecule has 0 radical (unpaired) electrons. The molecule has 0 aliphatic rings. The van der Waals surface area contributed by atoms with E-state index in [1.807, 2.05) is 6.92 Å². The fourth-order valence-electron chi connectivity index (χ4n) is 1.91. The van der Waals surface area contributed by atoms with Gasteiger partial charge in [0.15, 0.2) is 15.1 Å². The Morgan fingerprint density at radius 1 is 1.37 bits per heavy atom. The molecule has 0 aromatic heterocycles. The first-order chi connectivity index (χ1) is 8.98. The highest BCUT2D eigenvalue weighted by Gasteiger charge is 2.39. The van der Waals surface area contributed by atoms with Crippen LogP contribution in [0.2, 0.25) is 0 Å². The van der Waals surface area contributed by atoms with Gasteiger partial charge in [-0.05, 0) is 18.6 Å². The van der Waals surface area contributed by atoms with Crippen LogP contribution in [0.1, 0.15) is 13.3 Å². The van der Waals surface area contributed by atoms with Gasteiger partial charge in [0.25, 0.3) is 0 Å². The van der Waals surface area contributed by atoms with Crippen molar-refractivity contribution in [1.82, 2.24) is 0 Å². The van der Waals surface area contributed by atoms with Crippen molar-refractivity contribution in [2.45, 2.75) is 23.5 Å². The Morgan fingerprint density at radius 2 is 1.95 bits per heavy atom. The molecule has 1 rings (SSSR count). The normalized spacial score (nSPS) is 14.4. The lowest BCUT2D eigenvalue weighted by atomic mass is 10.0. The molecule has 2 atom stereocenters. The number of hydrogen-bond acceptors (Lipinski definition) is 4. The second kappa shape index (κ2) is 6.52. The fourth-order valence-corrected chi connectivity index (χ4v) is 3.85. The number of methoxy groups -OCH3 is 1. The average molecular weight is 282 g/mol. The number of carbonyl (C=O) groups excluding carboxylic acids is 1. The largest absolute Gasteiger partial charge is 0.468 e. The van der Waals surface area contributed by atoms with Gasteiger partial charge in [0, 0.05) is 5.92 Å². The molecule has 0 amide bonds. The molecule has 2 unspecified atom stereocenters. The molecule has 104 valence electrons. The summed E-state index contributed by atoms with van der Waals surface area (Å²) in [5.41, 5.74) is 0. The molecule has 4 nitrogen and oxygen atoms in total. The lowest BCUT2D eigenvalue weighted by Gasteiger charge is -2.21. The number of rotatable bonds is 6. The first-order valence-electron chi connectivity index (χ1n) is 5.98. The second-order valence-corrected chi connectivity index (χ2v) is 6.18. The van der Waals surface area contributed by atoms with Crippen molar-refractivity contribution in [1.29, 1.82) is 0 Å². The zero-order valence-corrected chi connectivity index (χ0v) is 11.9. The van der Waals surface area contributed by atoms with Crippen LogP contribution in [0, 0.1) is 5.92 Å². The Morgan fingerprint density at radius 3 is 2.37 bits per heavy atom. The smallest absolute Gasteiger partial charge is 0.325 e. The van der Waals surface area contributed by atoms with Crippen LogP contribution in [0.3, 0.4) is 0 Å². The zero-order chi connectivity index (χ0) is 14.5. The van der Waals surface area contributed by atoms with Gasteiger partial charge in [0.05, 0.1) is 12.0 Å². The van der Waals surface area contributed by atoms with Crippen LogP contribution < -0.4 is 0 Å². The van der Waals surface area contributed by atoms with E-state index in [0.29, 0.717) is 6.42 Å². The van der Waals surface area contributed by atoms with Crippen LogP contribution in [0.15, 0.2) is 47.9 Å². The lowest BCUT2D eigenvalue weighted by molar-refractivity contribution is -0.140. The molecule has 0 N–H and O–H groups in total. The summed E-state index contributed by atoms with van der Waals surface area (Å²) in [6, 6.07) is 7.91. The molecule has 5 heteroatoms. The Balaban J connectivity index is 3.32. The molecule has 0 saturated carbocycles. The highest BCUT2D eigenvalue weighted by molar-refractivity contribution is 7.92. The molecule has 0 aliphatic heterocycles. The number of allylic oxidation sites excluding steroid dienone is 1. The highest BCUT2D eigenvalue weighted by atomic mass is 32.2. The maximum Gasteiger partial charge on any atom is 0.325 e. The minimum Gasteiger partial charge on any atom is -0.468 e. The summed E-state index contributed by atoms with van der Waals surface area (Å²) in [7, 11) is -2.60. The van der Waals surface area contributed by atoms with E-state index in [9.17, 15) is 13.2 Å². The van der Waals surface area contributed by atoms with E-state index >= 15 is 0 Å². The standard InChI is InChI=1S/C14H18O4S/c1-4-11(5-2)13(14(15)18-3)19(16,17)12-9-7-6-8-10-12/h4,6-11,13H,1,5H2,2-3H3. The third-order valence-corrected chi connectivity index (χ3v) is 5.14. The van der Waals surface area contributed by atoms with Gasteiger partial charge < -0.3 is 4.74 Å². The number of esters is 1. The summed E-state index contributed by atoms with van der Waals surface area (Å²) in [6.07, 6.45) is 1.98. The minimum absolute atomic E-state index is 0.116. The van der Waals surface area contributed by atoms with Crippen molar-refractivity contribution in [3.05, 3.63) is 43.0 Å². The Kier molecular flexibility index (Phi) is 5.30. The van der Waals surface area contributed by atoms with Gasteiger partial charge in [-0.2, -0.15) is 0 Å². The lowest BCUT2D eigenvalue weighted by Crippen LogP contribution is -2.37. The third-order valence-electron chi connectivity index (χ3n) is 3.00. The van der Waals surface area contributed by atoms with Crippen LogP contribution in [0.4, 0.5) is 0 Å². The molecular formula is C14H18O4S. The molecule has 1 aromatic rings. The van der Waals surface area contributed by atoms with Gasteiger partial charge in [-0.15, -0.1) is 6.58 Å². The van der Waals surface area contributed by atoms with E-state index in [1.54, 1.807) is 18.2 Å². The SMILES string of the molecule is C=CC(CC)C(C(=O)OC)S(=O)(=O)c1ccccc1. The summed E-state index contributed by atoms with van der Waals surface area (Å²) in [5.74, 6) is -1.23. The maximum absolute atomic E-state index is 12.5. The predicted molar refractivity (Wildman–Crippen MR) is 73.4 cm³/mol. The van der Waals surface area contributed by atoms with Crippen LogP contribution >= 0.6 is 0 Å². The summed E-state index contributed by atoms with van der Waals surface area (Å²) in [4.78, 5) is 12.0. The van der Waals surface area contributed by atoms with Crippen LogP contribution in [0.25, 0.3) is 0 Å². The van der Waals surface area contributed by atoms with E-state index in [0.717, 1.165) is 0 Å².